The van der Waals surface area contributed by atoms with Crippen LogP contribution in [0, 0.1) is 0 Å². The number of rotatable bonds is 6. The van der Waals surface area contributed by atoms with E-state index in [2.05, 4.69) is 11.6 Å². The summed E-state index contributed by atoms with van der Waals surface area (Å²) in [6.45, 7) is 2.43. The predicted octanol–water partition coefficient (Wildman–Crippen LogP) is 1.06. The molecule has 0 unspecified atom stereocenters. The molecule has 1 heterocycles. The highest BCUT2D eigenvalue weighted by molar-refractivity contribution is 7.96. The molecule has 1 saturated heterocycles. The van der Waals surface area contributed by atoms with Gasteiger partial charge in [0.15, 0.2) is 6.73 Å². The molecular weight excluding hydrogens is 216 g/mol. The molecule has 1 amide bonds. The van der Waals surface area contributed by atoms with E-state index in [-0.39, 0.29) is 18.6 Å². The Morgan fingerprint density at radius 2 is 2.40 bits per heavy atom. The van der Waals surface area contributed by atoms with Gasteiger partial charge in [-0.15, -0.1) is 0 Å². The van der Waals surface area contributed by atoms with Crippen molar-refractivity contribution in [2.75, 3.05) is 13.3 Å². The lowest BCUT2D eigenvalue weighted by Crippen LogP contribution is -2.25. The third kappa shape index (κ3) is 4.53. The second-order valence-electron chi connectivity index (χ2n) is 3.29. The monoisotopic (exact) mass is 232 g/mol. The summed E-state index contributed by atoms with van der Waals surface area (Å²) in [5, 5.41) is 0. The molecule has 1 aliphatic heterocycles. The first kappa shape index (κ1) is 12.3. The van der Waals surface area contributed by atoms with Crippen molar-refractivity contribution in [2.24, 2.45) is 0 Å². The highest BCUT2D eigenvalue weighted by atomic mass is 32.2. The molecule has 1 fully saturated rings. The molecule has 1 aliphatic rings. The first-order valence-corrected chi connectivity index (χ1v) is 5.87. The van der Waals surface area contributed by atoms with Crippen molar-refractivity contribution < 1.29 is 14.3 Å². The number of esters is 1. The Morgan fingerprint density at radius 1 is 1.60 bits per heavy atom. The summed E-state index contributed by atoms with van der Waals surface area (Å²) in [7, 11) is 0. The number of hydrogen-bond donors (Lipinski definition) is 1. The van der Waals surface area contributed by atoms with Crippen molar-refractivity contribution in [3.63, 3.8) is 0 Å². The standard InChI is InChI=1S/C9H16N2O3S/c1-2-3-4-5-9(13)14-7-11-8(12)6-10-15-11/h10H,2-7H2,1H3. The van der Waals surface area contributed by atoms with Gasteiger partial charge in [0.05, 0.1) is 6.54 Å². The molecule has 0 radical (unpaired) electrons. The first-order chi connectivity index (χ1) is 7.24. The molecule has 5 nitrogen and oxygen atoms in total. The minimum atomic E-state index is -0.233. The minimum Gasteiger partial charge on any atom is -0.443 e. The van der Waals surface area contributed by atoms with Gasteiger partial charge in [-0.3, -0.25) is 9.59 Å². The van der Waals surface area contributed by atoms with Crippen LogP contribution >= 0.6 is 12.1 Å². The van der Waals surface area contributed by atoms with Crippen molar-refractivity contribution in [1.82, 2.24) is 9.03 Å². The molecule has 0 bridgehead atoms. The van der Waals surface area contributed by atoms with E-state index >= 15 is 0 Å². The van der Waals surface area contributed by atoms with Crippen LogP contribution in [0.2, 0.25) is 0 Å². The fourth-order valence-electron chi connectivity index (χ4n) is 1.13. The molecule has 0 saturated carbocycles. The van der Waals surface area contributed by atoms with Gasteiger partial charge in [-0.05, 0) is 6.42 Å². The van der Waals surface area contributed by atoms with Crippen LogP contribution < -0.4 is 4.72 Å². The molecule has 15 heavy (non-hydrogen) atoms. The summed E-state index contributed by atoms with van der Waals surface area (Å²) in [5.74, 6) is -0.287. The molecule has 6 heteroatoms. The van der Waals surface area contributed by atoms with E-state index in [4.69, 9.17) is 4.74 Å². The lowest BCUT2D eigenvalue weighted by atomic mass is 10.2. The van der Waals surface area contributed by atoms with Crippen LogP contribution in [0.3, 0.4) is 0 Å². The van der Waals surface area contributed by atoms with Crippen molar-refractivity contribution in [2.45, 2.75) is 32.6 Å². The van der Waals surface area contributed by atoms with Crippen molar-refractivity contribution in [3.8, 4) is 0 Å². The molecule has 0 aliphatic carbocycles. The van der Waals surface area contributed by atoms with E-state index in [1.54, 1.807) is 0 Å². The average molecular weight is 232 g/mol. The Hall–Kier alpha value is -0.750. The third-order valence-corrected chi connectivity index (χ3v) is 2.81. The largest absolute Gasteiger partial charge is 0.443 e. The Morgan fingerprint density at radius 3 is 3.00 bits per heavy atom. The number of nitrogens with zero attached hydrogens (tertiary/aromatic N) is 1. The summed E-state index contributed by atoms with van der Waals surface area (Å²) in [6.07, 6.45) is 3.41. The van der Waals surface area contributed by atoms with Gasteiger partial charge in [-0.1, -0.05) is 19.8 Å². The fourth-order valence-corrected chi connectivity index (χ4v) is 1.75. The second-order valence-corrected chi connectivity index (χ2v) is 4.20. The number of nitrogens with one attached hydrogen (secondary N) is 1. The Balaban J connectivity index is 2.08. The molecule has 1 N–H and O–H groups in total. The average Bonchev–Trinajstić information content (AvgIpc) is 2.61. The Kier molecular flexibility index (Phi) is 5.49. The maximum atomic E-state index is 11.2. The molecule has 86 valence electrons. The second kappa shape index (κ2) is 6.68. The molecule has 0 aromatic heterocycles. The summed E-state index contributed by atoms with van der Waals surface area (Å²) in [5.41, 5.74) is 0. The topological polar surface area (TPSA) is 58.6 Å². The van der Waals surface area contributed by atoms with Gasteiger partial charge in [0, 0.05) is 18.6 Å². The highest BCUT2D eigenvalue weighted by Crippen LogP contribution is 2.12. The van der Waals surface area contributed by atoms with E-state index < -0.39 is 0 Å². The predicted molar refractivity (Wildman–Crippen MR) is 57.5 cm³/mol. The molecular formula is C9H16N2O3S. The van der Waals surface area contributed by atoms with Gasteiger partial charge >= 0.3 is 5.97 Å². The number of unbranched alkanes of at least 4 members (excludes halogenated alkanes) is 2. The molecule has 0 aromatic rings. The van der Waals surface area contributed by atoms with Gasteiger partial charge in [-0.25, -0.2) is 9.03 Å². The quantitative estimate of drug-likeness (QED) is 0.421. The lowest BCUT2D eigenvalue weighted by molar-refractivity contribution is -0.148. The molecule has 1 rings (SSSR count). The van der Waals surface area contributed by atoms with E-state index in [0.29, 0.717) is 13.0 Å². The van der Waals surface area contributed by atoms with Crippen LogP contribution in [0.1, 0.15) is 32.6 Å². The molecule has 0 aromatic carbocycles. The van der Waals surface area contributed by atoms with Crippen LogP contribution in [0.5, 0.6) is 0 Å². The third-order valence-electron chi connectivity index (χ3n) is 2.00. The van der Waals surface area contributed by atoms with Crippen LogP contribution in [-0.2, 0) is 14.3 Å². The van der Waals surface area contributed by atoms with Crippen molar-refractivity contribution in [1.29, 1.82) is 0 Å². The fraction of sp³-hybridized carbons (Fsp3) is 0.778. The zero-order valence-electron chi connectivity index (χ0n) is 8.82. The van der Waals surface area contributed by atoms with Crippen molar-refractivity contribution >= 4 is 24.0 Å². The summed E-state index contributed by atoms with van der Waals surface area (Å²) < 4.78 is 9.15. The van der Waals surface area contributed by atoms with Crippen LogP contribution in [0.4, 0.5) is 0 Å². The lowest BCUT2D eigenvalue weighted by Gasteiger charge is -2.12. The van der Waals surface area contributed by atoms with Gasteiger partial charge in [0.25, 0.3) is 5.91 Å². The number of hydrogen-bond acceptors (Lipinski definition) is 5. The first-order valence-electron chi connectivity index (χ1n) is 5.10. The number of amides is 1. The van der Waals surface area contributed by atoms with E-state index in [1.165, 1.54) is 16.4 Å². The number of ether oxygens (including phenoxy) is 1. The zero-order chi connectivity index (χ0) is 11.1. The number of carbonyl (C=O) groups excluding carboxylic acids is 2. The summed E-state index contributed by atoms with van der Waals surface area (Å²) in [4.78, 5) is 22.3. The maximum Gasteiger partial charge on any atom is 0.307 e. The zero-order valence-corrected chi connectivity index (χ0v) is 9.64. The summed E-state index contributed by atoms with van der Waals surface area (Å²) >= 11 is 1.18. The van der Waals surface area contributed by atoms with E-state index in [0.717, 1.165) is 19.3 Å². The van der Waals surface area contributed by atoms with Gasteiger partial charge in [0.2, 0.25) is 0 Å². The summed E-state index contributed by atoms with van der Waals surface area (Å²) in [6, 6.07) is 0. The normalized spacial score (nSPS) is 15.8. The van der Waals surface area contributed by atoms with Gasteiger partial charge in [-0.2, -0.15) is 0 Å². The SMILES string of the molecule is CCCCCC(=O)OCN1SNCC1=O. The van der Waals surface area contributed by atoms with Crippen LogP contribution in [0.15, 0.2) is 0 Å². The van der Waals surface area contributed by atoms with E-state index in [9.17, 15) is 9.59 Å². The Labute approximate surface area is 93.8 Å². The molecule has 0 atom stereocenters. The van der Waals surface area contributed by atoms with Gasteiger partial charge in [0.1, 0.15) is 0 Å². The van der Waals surface area contributed by atoms with Crippen molar-refractivity contribution in [3.05, 3.63) is 0 Å². The molecule has 0 spiro atoms. The highest BCUT2D eigenvalue weighted by Gasteiger charge is 2.22. The maximum absolute atomic E-state index is 11.2. The van der Waals surface area contributed by atoms with Crippen LogP contribution in [0.25, 0.3) is 0 Å². The van der Waals surface area contributed by atoms with E-state index in [1.807, 2.05) is 0 Å². The van der Waals surface area contributed by atoms with Crippen LogP contribution in [-0.4, -0.2) is 29.5 Å². The van der Waals surface area contributed by atoms with Gasteiger partial charge < -0.3 is 4.74 Å². The Bertz CT molecular complexity index is 235. The number of carbonyl (C=O) groups is 2. The minimum absolute atomic E-state index is 0.0431. The smallest absolute Gasteiger partial charge is 0.307 e.